The highest BCUT2D eigenvalue weighted by atomic mass is 16.5. The molecule has 0 aliphatic heterocycles. The van der Waals surface area contributed by atoms with Crippen molar-refractivity contribution in [2.45, 2.75) is 45.1 Å². The smallest absolute Gasteiger partial charge is 0.227 e. The van der Waals surface area contributed by atoms with Gasteiger partial charge in [-0.3, -0.25) is 0 Å². The Bertz CT molecular complexity index is 345. The molecule has 1 heterocycles. The first-order valence-corrected chi connectivity index (χ1v) is 6.28. The zero-order valence-electron chi connectivity index (χ0n) is 10.4. The van der Waals surface area contributed by atoms with Crippen LogP contribution in [0.2, 0.25) is 0 Å². The number of methoxy groups -OCH3 is 1. The van der Waals surface area contributed by atoms with Gasteiger partial charge in [0.25, 0.3) is 0 Å². The van der Waals surface area contributed by atoms with Gasteiger partial charge in [0, 0.05) is 13.5 Å². The molecule has 1 aliphatic carbocycles. The molecule has 0 radical (unpaired) electrons. The van der Waals surface area contributed by atoms with E-state index in [1.54, 1.807) is 7.11 Å². The van der Waals surface area contributed by atoms with Gasteiger partial charge in [0.1, 0.15) is 6.61 Å². The average Bonchev–Trinajstić information content (AvgIpc) is 2.78. The van der Waals surface area contributed by atoms with Crippen LogP contribution in [-0.2, 0) is 17.8 Å². The molecule has 2 N–H and O–H groups in total. The molecule has 5 nitrogen and oxygen atoms in total. The van der Waals surface area contributed by atoms with Gasteiger partial charge in [-0.05, 0) is 24.8 Å². The topological polar surface area (TPSA) is 74.2 Å². The molecule has 0 aromatic carbocycles. The molecule has 0 saturated heterocycles. The predicted molar refractivity (Wildman–Crippen MR) is 63.3 cm³/mol. The van der Waals surface area contributed by atoms with Crippen LogP contribution in [0.5, 0.6) is 0 Å². The van der Waals surface area contributed by atoms with Crippen LogP contribution in [0, 0.1) is 5.41 Å². The Labute approximate surface area is 102 Å². The van der Waals surface area contributed by atoms with Crippen LogP contribution in [-0.4, -0.2) is 23.8 Å². The van der Waals surface area contributed by atoms with Crippen LogP contribution in [0.1, 0.15) is 43.8 Å². The zero-order chi connectivity index (χ0) is 12.1. The number of rotatable bonds is 5. The molecule has 1 aromatic heterocycles. The number of nitrogens with zero attached hydrogens (tertiary/aromatic N) is 2. The van der Waals surface area contributed by atoms with Gasteiger partial charge in [0.15, 0.2) is 5.82 Å². The van der Waals surface area contributed by atoms with Crippen molar-refractivity contribution in [3.63, 3.8) is 0 Å². The highest BCUT2D eigenvalue weighted by molar-refractivity contribution is 4.94. The van der Waals surface area contributed by atoms with Gasteiger partial charge in [-0.1, -0.05) is 24.4 Å². The summed E-state index contributed by atoms with van der Waals surface area (Å²) >= 11 is 0. The number of nitrogens with two attached hydrogens (primary N) is 1. The maximum Gasteiger partial charge on any atom is 0.227 e. The predicted octanol–water partition coefficient (Wildman–Crippen LogP) is 1.67. The third-order valence-corrected chi connectivity index (χ3v) is 3.66. The fraction of sp³-hybridized carbons (Fsp3) is 0.833. The van der Waals surface area contributed by atoms with Crippen molar-refractivity contribution in [3.8, 4) is 0 Å². The molecule has 1 aliphatic rings. The zero-order valence-corrected chi connectivity index (χ0v) is 10.4. The van der Waals surface area contributed by atoms with Gasteiger partial charge in [-0.15, -0.1) is 0 Å². The summed E-state index contributed by atoms with van der Waals surface area (Å²) in [6.07, 6.45) is 6.99. The molecule has 1 fully saturated rings. The summed E-state index contributed by atoms with van der Waals surface area (Å²) in [4.78, 5) is 4.33. The normalized spacial score (nSPS) is 19.4. The van der Waals surface area contributed by atoms with Crippen molar-refractivity contribution in [2.75, 3.05) is 13.7 Å². The third kappa shape index (κ3) is 3.04. The van der Waals surface area contributed by atoms with Crippen molar-refractivity contribution in [3.05, 3.63) is 11.7 Å². The van der Waals surface area contributed by atoms with Crippen molar-refractivity contribution in [1.29, 1.82) is 0 Å². The first kappa shape index (κ1) is 12.5. The molecule has 17 heavy (non-hydrogen) atoms. The standard InChI is InChI=1S/C12H21N3O2/c1-16-8-10-14-11(17-15-10)7-12(9-13)5-3-2-4-6-12/h2-9,13H2,1H3. The molecule has 5 heteroatoms. The summed E-state index contributed by atoms with van der Waals surface area (Å²) in [6, 6.07) is 0. The maximum absolute atomic E-state index is 5.94. The molecule has 0 spiro atoms. The van der Waals surface area contributed by atoms with Crippen molar-refractivity contribution in [1.82, 2.24) is 10.1 Å². The Hall–Kier alpha value is -0.940. The lowest BCUT2D eigenvalue weighted by Crippen LogP contribution is -2.35. The van der Waals surface area contributed by atoms with Crippen LogP contribution in [0.25, 0.3) is 0 Å². The first-order valence-electron chi connectivity index (χ1n) is 6.28. The van der Waals surface area contributed by atoms with E-state index in [0.29, 0.717) is 24.9 Å². The van der Waals surface area contributed by atoms with Gasteiger partial charge < -0.3 is 15.0 Å². The van der Waals surface area contributed by atoms with Gasteiger partial charge in [-0.2, -0.15) is 4.98 Å². The van der Waals surface area contributed by atoms with E-state index >= 15 is 0 Å². The lowest BCUT2D eigenvalue weighted by molar-refractivity contribution is 0.172. The van der Waals surface area contributed by atoms with Crippen LogP contribution >= 0.6 is 0 Å². The summed E-state index contributed by atoms with van der Waals surface area (Å²) in [5, 5.41) is 3.88. The average molecular weight is 239 g/mol. The van der Waals surface area contributed by atoms with E-state index < -0.39 is 0 Å². The lowest BCUT2D eigenvalue weighted by atomic mass is 9.72. The van der Waals surface area contributed by atoms with Gasteiger partial charge in [0.05, 0.1) is 0 Å². The van der Waals surface area contributed by atoms with E-state index in [2.05, 4.69) is 10.1 Å². The summed E-state index contributed by atoms with van der Waals surface area (Å²) in [6.45, 7) is 1.11. The van der Waals surface area contributed by atoms with Gasteiger partial charge >= 0.3 is 0 Å². The van der Waals surface area contributed by atoms with Gasteiger partial charge in [0.2, 0.25) is 5.89 Å². The second-order valence-electron chi connectivity index (χ2n) is 4.98. The molecule has 0 amide bonds. The highest BCUT2D eigenvalue weighted by Gasteiger charge is 2.32. The molecule has 2 rings (SSSR count). The van der Waals surface area contributed by atoms with E-state index in [1.165, 1.54) is 32.1 Å². The minimum Gasteiger partial charge on any atom is -0.377 e. The Morgan fingerprint density at radius 3 is 2.76 bits per heavy atom. The van der Waals surface area contributed by atoms with E-state index in [1.807, 2.05) is 0 Å². The summed E-state index contributed by atoms with van der Waals surface area (Å²) in [7, 11) is 1.62. The largest absolute Gasteiger partial charge is 0.377 e. The fourth-order valence-electron chi connectivity index (χ4n) is 2.63. The van der Waals surface area contributed by atoms with Crippen molar-refractivity contribution >= 4 is 0 Å². The molecule has 96 valence electrons. The Kier molecular flexibility index (Phi) is 4.12. The Morgan fingerprint density at radius 2 is 2.12 bits per heavy atom. The number of aromatic nitrogens is 2. The first-order chi connectivity index (χ1) is 8.28. The molecular weight excluding hydrogens is 218 g/mol. The lowest BCUT2D eigenvalue weighted by Gasteiger charge is -2.34. The second kappa shape index (κ2) is 5.60. The SMILES string of the molecule is COCc1noc(CC2(CN)CCCCC2)n1. The van der Waals surface area contributed by atoms with Crippen molar-refractivity contribution in [2.24, 2.45) is 11.1 Å². The molecule has 1 saturated carbocycles. The van der Waals surface area contributed by atoms with Gasteiger partial charge in [-0.25, -0.2) is 0 Å². The Morgan fingerprint density at radius 1 is 1.35 bits per heavy atom. The van der Waals surface area contributed by atoms with E-state index in [9.17, 15) is 0 Å². The molecule has 0 atom stereocenters. The van der Waals surface area contributed by atoms with E-state index in [-0.39, 0.29) is 5.41 Å². The quantitative estimate of drug-likeness (QED) is 0.846. The van der Waals surface area contributed by atoms with E-state index in [0.717, 1.165) is 6.42 Å². The monoisotopic (exact) mass is 239 g/mol. The number of hydrogen-bond acceptors (Lipinski definition) is 5. The summed E-state index contributed by atoms with van der Waals surface area (Å²) in [5.41, 5.74) is 6.11. The molecule has 0 unspecified atom stereocenters. The summed E-state index contributed by atoms with van der Waals surface area (Å²) in [5.74, 6) is 1.31. The Balaban J connectivity index is 2.01. The molecular formula is C12H21N3O2. The third-order valence-electron chi connectivity index (χ3n) is 3.66. The number of hydrogen-bond donors (Lipinski definition) is 1. The molecule has 1 aromatic rings. The maximum atomic E-state index is 5.94. The number of ether oxygens (including phenoxy) is 1. The van der Waals surface area contributed by atoms with Crippen LogP contribution in [0.3, 0.4) is 0 Å². The van der Waals surface area contributed by atoms with Crippen LogP contribution in [0.15, 0.2) is 4.52 Å². The summed E-state index contributed by atoms with van der Waals surface area (Å²) < 4.78 is 10.2. The highest BCUT2D eigenvalue weighted by Crippen LogP contribution is 2.37. The van der Waals surface area contributed by atoms with Crippen molar-refractivity contribution < 1.29 is 9.26 Å². The fourth-order valence-corrected chi connectivity index (χ4v) is 2.63. The van der Waals surface area contributed by atoms with Crippen LogP contribution in [0.4, 0.5) is 0 Å². The van der Waals surface area contributed by atoms with Crippen LogP contribution < -0.4 is 5.73 Å². The minimum absolute atomic E-state index is 0.176. The van der Waals surface area contributed by atoms with E-state index in [4.69, 9.17) is 15.0 Å². The molecule has 0 bridgehead atoms. The second-order valence-corrected chi connectivity index (χ2v) is 4.98. The minimum atomic E-state index is 0.176.